The minimum atomic E-state index is -1.79. The maximum absolute atomic E-state index is 13.8. The zero-order valence-electron chi connectivity index (χ0n) is 9.96. The third-order valence-electron chi connectivity index (χ3n) is 2.68. The molecule has 2 rings (SSSR count). The van der Waals surface area contributed by atoms with Crippen molar-refractivity contribution in [3.8, 4) is 0 Å². The molecule has 0 aliphatic heterocycles. The highest BCUT2D eigenvalue weighted by atomic mass is 19.1. The van der Waals surface area contributed by atoms with Crippen molar-refractivity contribution in [3.05, 3.63) is 34.5 Å². The fourth-order valence-corrected chi connectivity index (χ4v) is 1.90. The van der Waals surface area contributed by atoms with Crippen molar-refractivity contribution in [1.82, 2.24) is 9.55 Å². The molecule has 0 radical (unpaired) electrons. The number of benzene rings is 1. The van der Waals surface area contributed by atoms with Gasteiger partial charge in [-0.2, -0.15) is 0 Å². The van der Waals surface area contributed by atoms with Crippen LogP contribution in [0.3, 0.4) is 0 Å². The van der Waals surface area contributed by atoms with Crippen molar-refractivity contribution in [2.75, 3.05) is 0 Å². The van der Waals surface area contributed by atoms with Crippen LogP contribution in [0.2, 0.25) is 0 Å². The van der Waals surface area contributed by atoms with Crippen molar-refractivity contribution in [3.63, 3.8) is 0 Å². The van der Waals surface area contributed by atoms with E-state index < -0.39 is 12.9 Å². The van der Waals surface area contributed by atoms with Crippen LogP contribution in [-0.4, -0.2) is 26.7 Å². The maximum Gasteiger partial charge on any atom is 0.488 e. The summed E-state index contributed by atoms with van der Waals surface area (Å²) in [5.41, 5.74) is -0.0865. The molecule has 0 aliphatic carbocycles. The van der Waals surface area contributed by atoms with E-state index in [1.807, 2.05) is 0 Å². The van der Waals surface area contributed by atoms with Gasteiger partial charge in [0.15, 0.2) is 5.82 Å². The Labute approximate surface area is 103 Å². The van der Waals surface area contributed by atoms with E-state index in [1.54, 1.807) is 13.8 Å². The number of aromatic nitrogens is 2. The van der Waals surface area contributed by atoms with E-state index in [0.29, 0.717) is 0 Å². The highest BCUT2D eigenvalue weighted by Crippen LogP contribution is 2.15. The van der Waals surface area contributed by atoms with Gasteiger partial charge in [-0.05, 0) is 31.4 Å². The monoisotopic (exact) mass is 250 g/mol. The van der Waals surface area contributed by atoms with Gasteiger partial charge in [-0.15, -0.1) is 0 Å². The average molecular weight is 250 g/mol. The Hall–Kier alpha value is -1.73. The summed E-state index contributed by atoms with van der Waals surface area (Å²) in [7, 11) is -1.79. The molecule has 0 atom stereocenters. The fourth-order valence-electron chi connectivity index (χ4n) is 1.90. The number of hydrogen-bond donors (Lipinski definition) is 2. The summed E-state index contributed by atoms with van der Waals surface area (Å²) in [4.78, 5) is 15.5. The fraction of sp³-hybridized carbons (Fsp3) is 0.273. The average Bonchev–Trinajstić information content (AvgIpc) is 2.27. The summed E-state index contributed by atoms with van der Waals surface area (Å²) < 4.78 is 15.1. The molecule has 0 fully saturated rings. The minimum absolute atomic E-state index is 0.0122. The molecule has 1 aromatic carbocycles. The van der Waals surface area contributed by atoms with Crippen LogP contribution in [0.1, 0.15) is 19.9 Å². The molecule has 0 amide bonds. The molecule has 2 N–H and O–H groups in total. The van der Waals surface area contributed by atoms with Gasteiger partial charge in [0.25, 0.3) is 5.56 Å². The van der Waals surface area contributed by atoms with Crippen molar-refractivity contribution in [2.45, 2.75) is 19.9 Å². The Balaban J connectivity index is 2.90. The summed E-state index contributed by atoms with van der Waals surface area (Å²) in [6, 6.07) is 2.17. The van der Waals surface area contributed by atoms with Gasteiger partial charge < -0.3 is 14.6 Å². The molecule has 94 valence electrons. The lowest BCUT2D eigenvalue weighted by Gasteiger charge is -2.14. The number of rotatable bonds is 2. The van der Waals surface area contributed by atoms with Crippen LogP contribution in [0.25, 0.3) is 11.0 Å². The first-order chi connectivity index (χ1) is 8.41. The lowest BCUT2D eigenvalue weighted by Crippen LogP contribution is -2.32. The number of fused-ring (bicyclic) bond motifs is 1. The van der Waals surface area contributed by atoms with Crippen LogP contribution in [0, 0.1) is 5.82 Å². The van der Waals surface area contributed by atoms with Gasteiger partial charge in [-0.3, -0.25) is 4.79 Å². The van der Waals surface area contributed by atoms with Crippen molar-refractivity contribution in [1.29, 1.82) is 0 Å². The minimum Gasteiger partial charge on any atom is -0.423 e. The van der Waals surface area contributed by atoms with Gasteiger partial charge in [-0.1, -0.05) is 0 Å². The zero-order chi connectivity index (χ0) is 13.4. The lowest BCUT2D eigenvalue weighted by molar-refractivity contribution is 0.425. The van der Waals surface area contributed by atoms with Crippen LogP contribution in [0.5, 0.6) is 0 Å². The highest BCUT2D eigenvalue weighted by molar-refractivity contribution is 6.58. The summed E-state index contributed by atoms with van der Waals surface area (Å²) in [6.45, 7) is 3.56. The van der Waals surface area contributed by atoms with Gasteiger partial charge in [-0.25, -0.2) is 9.37 Å². The van der Waals surface area contributed by atoms with Gasteiger partial charge >= 0.3 is 7.12 Å². The molecule has 2 aromatic rings. The Bertz CT molecular complexity index is 655. The molecule has 18 heavy (non-hydrogen) atoms. The first-order valence-electron chi connectivity index (χ1n) is 5.48. The topological polar surface area (TPSA) is 75.4 Å². The smallest absolute Gasteiger partial charge is 0.423 e. The molecule has 0 saturated carbocycles. The van der Waals surface area contributed by atoms with Crippen LogP contribution in [0.15, 0.2) is 23.1 Å². The van der Waals surface area contributed by atoms with E-state index in [9.17, 15) is 9.18 Å². The molecule has 0 aliphatic rings. The Morgan fingerprint density at radius 2 is 2.06 bits per heavy atom. The van der Waals surface area contributed by atoms with Gasteiger partial charge in [0.1, 0.15) is 5.52 Å². The Morgan fingerprint density at radius 3 is 2.61 bits per heavy atom. The van der Waals surface area contributed by atoms with Crippen LogP contribution >= 0.6 is 0 Å². The molecule has 5 nitrogen and oxygen atoms in total. The second kappa shape index (κ2) is 4.51. The molecule has 1 heterocycles. The predicted molar refractivity (Wildman–Crippen MR) is 66.2 cm³/mol. The molecule has 0 unspecified atom stereocenters. The van der Waals surface area contributed by atoms with Gasteiger partial charge in [0.2, 0.25) is 0 Å². The first-order valence-corrected chi connectivity index (χ1v) is 5.48. The van der Waals surface area contributed by atoms with E-state index in [0.717, 1.165) is 12.3 Å². The summed E-state index contributed by atoms with van der Waals surface area (Å²) in [5.74, 6) is -0.690. The predicted octanol–water partition coefficient (Wildman–Crippen LogP) is -0.204. The van der Waals surface area contributed by atoms with Gasteiger partial charge in [0, 0.05) is 6.04 Å². The molecular weight excluding hydrogens is 238 g/mol. The molecule has 7 heteroatoms. The first kappa shape index (κ1) is 12.7. The third-order valence-corrected chi connectivity index (χ3v) is 2.68. The summed E-state index contributed by atoms with van der Waals surface area (Å²) >= 11 is 0. The van der Waals surface area contributed by atoms with E-state index in [2.05, 4.69) is 4.98 Å². The summed E-state index contributed by atoms with van der Waals surface area (Å²) in [6.07, 6.45) is 1.06. The lowest BCUT2D eigenvalue weighted by atomic mass is 9.80. The second-order valence-corrected chi connectivity index (χ2v) is 4.30. The van der Waals surface area contributed by atoms with E-state index in [1.165, 1.54) is 10.6 Å². The van der Waals surface area contributed by atoms with Crippen molar-refractivity contribution < 1.29 is 14.4 Å². The quantitative estimate of drug-likeness (QED) is 0.723. The zero-order valence-corrected chi connectivity index (χ0v) is 9.96. The van der Waals surface area contributed by atoms with E-state index in [4.69, 9.17) is 10.0 Å². The van der Waals surface area contributed by atoms with E-state index >= 15 is 0 Å². The molecule has 0 saturated heterocycles. The standard InChI is InChI=1S/C11H12BFN2O3/c1-6(2)15-9-4-7(12(17)18)3-8(13)11(9)14-5-10(15)16/h3-6,17-18H,1-2H3. The number of hydrogen-bond acceptors (Lipinski definition) is 4. The second-order valence-electron chi connectivity index (χ2n) is 4.30. The van der Waals surface area contributed by atoms with Crippen LogP contribution in [0.4, 0.5) is 4.39 Å². The van der Waals surface area contributed by atoms with Gasteiger partial charge in [0.05, 0.1) is 11.7 Å². The molecule has 0 spiro atoms. The van der Waals surface area contributed by atoms with Crippen LogP contribution in [-0.2, 0) is 0 Å². The molecule has 1 aromatic heterocycles. The summed E-state index contributed by atoms with van der Waals surface area (Å²) in [5, 5.41) is 18.2. The van der Waals surface area contributed by atoms with Crippen molar-refractivity contribution >= 4 is 23.6 Å². The molecular formula is C11H12BFN2O3. The third kappa shape index (κ3) is 2.02. The Kier molecular flexibility index (Phi) is 3.19. The Morgan fingerprint density at radius 1 is 1.39 bits per heavy atom. The molecule has 0 bridgehead atoms. The van der Waals surface area contributed by atoms with Crippen molar-refractivity contribution in [2.24, 2.45) is 0 Å². The normalized spacial score (nSPS) is 11.2. The number of halogens is 1. The SMILES string of the molecule is CC(C)n1c(=O)cnc2c(F)cc(B(O)O)cc21. The van der Waals surface area contributed by atoms with E-state index in [-0.39, 0.29) is 28.1 Å². The number of nitrogens with zero attached hydrogens (tertiary/aromatic N) is 2. The highest BCUT2D eigenvalue weighted by Gasteiger charge is 2.17. The largest absolute Gasteiger partial charge is 0.488 e. The van der Waals surface area contributed by atoms with Crippen LogP contribution < -0.4 is 11.0 Å². The maximum atomic E-state index is 13.8.